The summed E-state index contributed by atoms with van der Waals surface area (Å²) in [5.41, 5.74) is 10.6. The first-order valence-electron chi connectivity index (χ1n) is 7.40. The summed E-state index contributed by atoms with van der Waals surface area (Å²) >= 11 is 5.94. The lowest BCUT2D eigenvalue weighted by molar-refractivity contribution is -0.191. The Hall–Kier alpha value is -2.85. The zero-order valence-electron chi connectivity index (χ0n) is 13.8. The molecule has 0 radical (unpaired) electrons. The van der Waals surface area contributed by atoms with Gasteiger partial charge in [0.25, 0.3) is 0 Å². The molecule has 0 aliphatic heterocycles. The lowest BCUT2D eigenvalue weighted by Crippen LogP contribution is -2.09. The number of aromatic nitrogens is 1. The van der Waals surface area contributed by atoms with Crippen LogP contribution < -0.4 is 4.74 Å². The predicted molar refractivity (Wildman–Crippen MR) is 92.3 cm³/mol. The first kappa shape index (κ1) is 20.2. The summed E-state index contributed by atoms with van der Waals surface area (Å²) in [6.45, 7) is 4.22. The minimum absolute atomic E-state index is 0.0499. The molecule has 0 bridgehead atoms. The molecule has 0 fully saturated rings. The Kier molecular flexibility index (Phi) is 8.75. The van der Waals surface area contributed by atoms with Crippen molar-refractivity contribution in [1.82, 2.24) is 4.98 Å². The van der Waals surface area contributed by atoms with E-state index >= 15 is 0 Å². The fraction of sp³-hybridized carbons (Fsp3) is 0.294. The van der Waals surface area contributed by atoms with Crippen molar-refractivity contribution in [2.24, 2.45) is 5.11 Å². The first-order chi connectivity index (χ1) is 12.0. The van der Waals surface area contributed by atoms with Crippen molar-refractivity contribution in [1.29, 1.82) is 0 Å². The third kappa shape index (κ3) is 7.06. The van der Waals surface area contributed by atoms with Gasteiger partial charge in [0, 0.05) is 34.7 Å². The van der Waals surface area contributed by atoms with Crippen LogP contribution in [0.2, 0.25) is 5.02 Å². The second-order valence-corrected chi connectivity index (χ2v) is 5.63. The maximum absolute atomic E-state index is 8.63. The third-order valence-corrected chi connectivity index (χ3v) is 3.37. The largest absolute Gasteiger partial charge is 0.475 e. The highest BCUT2D eigenvalue weighted by Gasteiger charge is 2.15. The van der Waals surface area contributed by atoms with E-state index in [4.69, 9.17) is 31.5 Å². The van der Waals surface area contributed by atoms with E-state index in [9.17, 15) is 0 Å². The van der Waals surface area contributed by atoms with Gasteiger partial charge in [-0.2, -0.15) is 9.59 Å². The summed E-state index contributed by atoms with van der Waals surface area (Å²) in [5.74, 6) is 0.498. The van der Waals surface area contributed by atoms with Gasteiger partial charge >= 0.3 is 6.15 Å². The number of benzene rings is 1. The standard InChI is InChI=1S/C16H17ClN4O.CO2/c1-11(2)22-16-9-13(7-8-19-16)15(10-20-21-18)12-3-5-14(17)6-4-12;2-1-3/h3-9,11,15H,10H2,1-2H3;/t15-;/m0./s1. The van der Waals surface area contributed by atoms with Crippen LogP contribution in [0, 0.1) is 0 Å². The van der Waals surface area contributed by atoms with Crippen molar-refractivity contribution in [2.75, 3.05) is 6.54 Å². The van der Waals surface area contributed by atoms with Crippen LogP contribution in [0.5, 0.6) is 5.88 Å². The van der Waals surface area contributed by atoms with Gasteiger partial charge in [0.1, 0.15) is 0 Å². The van der Waals surface area contributed by atoms with Gasteiger partial charge < -0.3 is 4.74 Å². The molecule has 0 amide bonds. The summed E-state index contributed by atoms with van der Waals surface area (Å²) in [5, 5.41) is 4.40. The highest BCUT2D eigenvalue weighted by molar-refractivity contribution is 6.30. The van der Waals surface area contributed by atoms with Crippen molar-refractivity contribution in [2.45, 2.75) is 25.9 Å². The molecule has 8 heteroatoms. The van der Waals surface area contributed by atoms with Crippen LogP contribution in [-0.2, 0) is 9.59 Å². The third-order valence-electron chi connectivity index (χ3n) is 3.12. The first-order valence-corrected chi connectivity index (χ1v) is 7.77. The molecule has 0 N–H and O–H groups in total. The van der Waals surface area contributed by atoms with Crippen molar-refractivity contribution >= 4 is 17.8 Å². The quantitative estimate of drug-likeness (QED) is 0.433. The topological polar surface area (TPSA) is 105 Å². The Morgan fingerprint density at radius 2 is 1.88 bits per heavy atom. The van der Waals surface area contributed by atoms with Crippen LogP contribution >= 0.6 is 11.6 Å². The monoisotopic (exact) mass is 360 g/mol. The average Bonchev–Trinajstić information content (AvgIpc) is 2.57. The Morgan fingerprint density at radius 1 is 1.24 bits per heavy atom. The summed E-state index contributed by atoms with van der Waals surface area (Å²) in [6.07, 6.45) is 2.00. The number of nitrogens with zero attached hydrogens (tertiary/aromatic N) is 4. The van der Waals surface area contributed by atoms with E-state index in [1.807, 2.05) is 50.2 Å². The van der Waals surface area contributed by atoms with Gasteiger partial charge in [-0.25, -0.2) is 4.98 Å². The lowest BCUT2D eigenvalue weighted by atomic mass is 9.92. The van der Waals surface area contributed by atoms with Gasteiger partial charge in [0.2, 0.25) is 5.88 Å². The van der Waals surface area contributed by atoms with Crippen LogP contribution in [0.4, 0.5) is 0 Å². The number of hydrogen-bond acceptors (Lipinski definition) is 5. The number of pyridine rings is 1. The van der Waals surface area contributed by atoms with E-state index in [0.717, 1.165) is 11.1 Å². The molecule has 0 aliphatic rings. The molecule has 0 saturated carbocycles. The minimum Gasteiger partial charge on any atom is -0.475 e. The molecular weight excluding hydrogens is 344 g/mol. The Morgan fingerprint density at radius 3 is 2.44 bits per heavy atom. The van der Waals surface area contributed by atoms with Crippen LogP contribution in [0.3, 0.4) is 0 Å². The van der Waals surface area contributed by atoms with E-state index in [1.165, 1.54) is 0 Å². The molecule has 2 aromatic rings. The maximum atomic E-state index is 8.63. The molecule has 0 aliphatic carbocycles. The Bertz CT molecular complexity index is 753. The fourth-order valence-electron chi connectivity index (χ4n) is 2.16. The number of ether oxygens (including phenoxy) is 1. The zero-order chi connectivity index (χ0) is 18.7. The Balaban J connectivity index is 0.000000970. The molecule has 0 spiro atoms. The van der Waals surface area contributed by atoms with E-state index in [-0.39, 0.29) is 18.2 Å². The van der Waals surface area contributed by atoms with Crippen LogP contribution in [0.15, 0.2) is 47.7 Å². The number of halogens is 1. The second kappa shape index (κ2) is 10.8. The van der Waals surface area contributed by atoms with Crippen molar-refractivity contribution < 1.29 is 14.3 Å². The van der Waals surface area contributed by atoms with E-state index in [2.05, 4.69) is 15.0 Å². The highest BCUT2D eigenvalue weighted by Crippen LogP contribution is 2.28. The molecule has 1 atom stereocenters. The van der Waals surface area contributed by atoms with Gasteiger partial charge in [-0.3, -0.25) is 0 Å². The number of azide groups is 1. The molecule has 1 aromatic carbocycles. The number of hydrogen-bond donors (Lipinski definition) is 0. The molecule has 1 heterocycles. The van der Waals surface area contributed by atoms with Crippen molar-refractivity contribution in [3.8, 4) is 5.88 Å². The van der Waals surface area contributed by atoms with Crippen molar-refractivity contribution in [3.05, 3.63) is 69.2 Å². The molecule has 7 nitrogen and oxygen atoms in total. The molecule has 0 unspecified atom stereocenters. The molecule has 25 heavy (non-hydrogen) atoms. The van der Waals surface area contributed by atoms with Crippen LogP contribution in [-0.4, -0.2) is 23.8 Å². The summed E-state index contributed by atoms with van der Waals surface area (Å²) in [6, 6.07) is 11.3. The average molecular weight is 361 g/mol. The molecule has 0 saturated heterocycles. The van der Waals surface area contributed by atoms with Gasteiger partial charge in [-0.15, -0.1) is 0 Å². The van der Waals surface area contributed by atoms with Gasteiger partial charge in [-0.1, -0.05) is 28.8 Å². The molecule has 2 rings (SSSR count). The number of rotatable bonds is 6. The lowest BCUT2D eigenvalue weighted by Gasteiger charge is -2.17. The highest BCUT2D eigenvalue weighted by atomic mass is 35.5. The summed E-state index contributed by atoms with van der Waals surface area (Å²) < 4.78 is 5.63. The summed E-state index contributed by atoms with van der Waals surface area (Å²) in [4.78, 5) is 23.3. The molecule has 130 valence electrons. The van der Waals surface area contributed by atoms with Gasteiger partial charge in [0.15, 0.2) is 0 Å². The summed E-state index contributed by atoms with van der Waals surface area (Å²) in [7, 11) is 0. The second-order valence-electron chi connectivity index (χ2n) is 5.19. The Labute approximate surface area is 150 Å². The smallest absolute Gasteiger partial charge is 0.373 e. The molecule has 1 aromatic heterocycles. The van der Waals surface area contributed by atoms with Crippen LogP contribution in [0.25, 0.3) is 10.4 Å². The van der Waals surface area contributed by atoms with E-state index < -0.39 is 0 Å². The minimum atomic E-state index is -0.0642. The van der Waals surface area contributed by atoms with Crippen molar-refractivity contribution in [3.63, 3.8) is 0 Å². The van der Waals surface area contributed by atoms with E-state index in [1.54, 1.807) is 6.20 Å². The van der Waals surface area contributed by atoms with Crippen LogP contribution in [0.1, 0.15) is 30.9 Å². The maximum Gasteiger partial charge on any atom is 0.373 e. The fourth-order valence-corrected chi connectivity index (χ4v) is 2.29. The van der Waals surface area contributed by atoms with Gasteiger partial charge in [-0.05, 0) is 48.7 Å². The van der Waals surface area contributed by atoms with E-state index in [0.29, 0.717) is 17.4 Å². The predicted octanol–water partition coefficient (Wildman–Crippen LogP) is 4.38. The molecular formula is C17H17ClN4O3. The van der Waals surface area contributed by atoms with Gasteiger partial charge in [0.05, 0.1) is 6.10 Å². The normalized spacial score (nSPS) is 10.7. The zero-order valence-corrected chi connectivity index (χ0v) is 14.6. The number of carbonyl (C=O) groups excluding carboxylic acids is 2. The SMILES string of the molecule is CC(C)Oc1cc([C@@H](CN=[N+]=[N-])c2ccc(Cl)cc2)ccn1.O=C=O.